The minimum atomic E-state index is -0.986. The van der Waals surface area contributed by atoms with E-state index < -0.39 is 5.97 Å². The molecule has 1 aromatic carbocycles. The average molecular weight is 243 g/mol. The van der Waals surface area contributed by atoms with Gasteiger partial charge in [0.25, 0.3) is 0 Å². The van der Waals surface area contributed by atoms with Crippen molar-refractivity contribution in [3.05, 3.63) is 41.6 Å². The van der Waals surface area contributed by atoms with Gasteiger partial charge in [0.05, 0.1) is 18.3 Å². The van der Waals surface area contributed by atoms with Gasteiger partial charge in [-0.1, -0.05) is 0 Å². The first-order valence-electron chi connectivity index (χ1n) is 5.46. The maximum atomic E-state index is 10.5. The SMILES string of the molecule is COc1ccc2c(C)cc(/C=C/C(=O)O)nc2c1. The predicted molar refractivity (Wildman–Crippen MR) is 69.7 cm³/mol. The van der Waals surface area contributed by atoms with Crippen LogP contribution in [0.3, 0.4) is 0 Å². The molecule has 0 spiro atoms. The molecule has 1 N–H and O–H groups in total. The maximum absolute atomic E-state index is 10.5. The van der Waals surface area contributed by atoms with E-state index in [-0.39, 0.29) is 0 Å². The van der Waals surface area contributed by atoms with Crippen molar-refractivity contribution in [1.29, 1.82) is 0 Å². The van der Waals surface area contributed by atoms with Crippen molar-refractivity contribution in [2.75, 3.05) is 7.11 Å². The molecule has 18 heavy (non-hydrogen) atoms. The fourth-order valence-corrected chi connectivity index (χ4v) is 1.78. The highest BCUT2D eigenvalue weighted by molar-refractivity contribution is 5.87. The van der Waals surface area contributed by atoms with Crippen LogP contribution in [0.1, 0.15) is 11.3 Å². The van der Waals surface area contributed by atoms with E-state index in [4.69, 9.17) is 9.84 Å². The number of nitrogens with zero attached hydrogens (tertiary/aromatic N) is 1. The van der Waals surface area contributed by atoms with Crippen LogP contribution in [0.15, 0.2) is 30.3 Å². The van der Waals surface area contributed by atoms with E-state index in [2.05, 4.69) is 4.98 Å². The van der Waals surface area contributed by atoms with Crippen LogP contribution < -0.4 is 4.74 Å². The number of fused-ring (bicyclic) bond motifs is 1. The van der Waals surface area contributed by atoms with Gasteiger partial charge in [0.15, 0.2) is 0 Å². The summed E-state index contributed by atoms with van der Waals surface area (Å²) in [6.45, 7) is 1.97. The molecule has 0 unspecified atom stereocenters. The van der Waals surface area contributed by atoms with Crippen LogP contribution in [0.4, 0.5) is 0 Å². The highest BCUT2D eigenvalue weighted by Crippen LogP contribution is 2.23. The summed E-state index contributed by atoms with van der Waals surface area (Å²) in [4.78, 5) is 14.9. The summed E-state index contributed by atoms with van der Waals surface area (Å²) in [6.07, 6.45) is 2.56. The Hall–Kier alpha value is -2.36. The Morgan fingerprint density at radius 2 is 2.17 bits per heavy atom. The molecule has 0 bridgehead atoms. The number of hydrogen-bond acceptors (Lipinski definition) is 3. The highest BCUT2D eigenvalue weighted by atomic mass is 16.5. The van der Waals surface area contributed by atoms with Gasteiger partial charge < -0.3 is 9.84 Å². The van der Waals surface area contributed by atoms with E-state index in [1.54, 1.807) is 7.11 Å². The normalized spacial score (nSPS) is 11.0. The van der Waals surface area contributed by atoms with Crippen molar-refractivity contribution in [2.24, 2.45) is 0 Å². The van der Waals surface area contributed by atoms with Crippen LogP contribution in [0, 0.1) is 6.92 Å². The molecule has 0 aliphatic heterocycles. The Bertz CT molecular complexity index is 632. The molecule has 4 heteroatoms. The molecule has 0 aliphatic rings. The molecule has 0 radical (unpaired) electrons. The van der Waals surface area contributed by atoms with Crippen molar-refractivity contribution < 1.29 is 14.6 Å². The van der Waals surface area contributed by atoms with E-state index in [0.29, 0.717) is 5.69 Å². The lowest BCUT2D eigenvalue weighted by molar-refractivity contribution is -0.131. The molecule has 0 fully saturated rings. The van der Waals surface area contributed by atoms with Crippen LogP contribution in [0.25, 0.3) is 17.0 Å². The number of carboxylic acid groups (broad SMARTS) is 1. The topological polar surface area (TPSA) is 59.4 Å². The predicted octanol–water partition coefficient (Wildman–Crippen LogP) is 2.65. The van der Waals surface area contributed by atoms with Gasteiger partial charge in [-0.25, -0.2) is 9.78 Å². The van der Waals surface area contributed by atoms with Crippen molar-refractivity contribution in [3.8, 4) is 5.75 Å². The second-order valence-corrected chi connectivity index (χ2v) is 3.92. The van der Waals surface area contributed by atoms with E-state index in [0.717, 1.165) is 28.3 Å². The number of pyridine rings is 1. The monoisotopic (exact) mass is 243 g/mol. The smallest absolute Gasteiger partial charge is 0.328 e. The van der Waals surface area contributed by atoms with Gasteiger partial charge in [-0.15, -0.1) is 0 Å². The van der Waals surface area contributed by atoms with Crippen LogP contribution in [-0.4, -0.2) is 23.2 Å². The van der Waals surface area contributed by atoms with Crippen molar-refractivity contribution >= 4 is 22.9 Å². The largest absolute Gasteiger partial charge is 0.497 e. The molecular formula is C14H13NO3. The zero-order valence-corrected chi connectivity index (χ0v) is 10.2. The Morgan fingerprint density at radius 3 is 2.83 bits per heavy atom. The number of aryl methyl sites for hydroxylation is 1. The Morgan fingerprint density at radius 1 is 1.39 bits per heavy atom. The molecule has 1 aromatic heterocycles. The lowest BCUT2D eigenvalue weighted by Gasteiger charge is -2.05. The second-order valence-electron chi connectivity index (χ2n) is 3.92. The molecule has 4 nitrogen and oxygen atoms in total. The highest BCUT2D eigenvalue weighted by Gasteiger charge is 2.03. The molecule has 0 saturated heterocycles. The number of carbonyl (C=O) groups is 1. The quantitative estimate of drug-likeness (QED) is 0.842. The molecule has 0 atom stereocenters. The van der Waals surface area contributed by atoms with Crippen LogP contribution in [0.2, 0.25) is 0 Å². The van der Waals surface area contributed by atoms with E-state index >= 15 is 0 Å². The molecule has 2 rings (SSSR count). The van der Waals surface area contributed by atoms with Gasteiger partial charge in [-0.05, 0) is 36.8 Å². The van der Waals surface area contributed by atoms with E-state index in [9.17, 15) is 4.79 Å². The number of aromatic nitrogens is 1. The number of methoxy groups -OCH3 is 1. The number of benzene rings is 1. The number of hydrogen-bond donors (Lipinski definition) is 1. The van der Waals surface area contributed by atoms with Gasteiger partial charge >= 0.3 is 5.97 Å². The molecule has 92 valence electrons. The van der Waals surface area contributed by atoms with Crippen LogP contribution >= 0.6 is 0 Å². The van der Waals surface area contributed by atoms with Crippen LogP contribution in [-0.2, 0) is 4.79 Å². The number of ether oxygens (including phenoxy) is 1. The third kappa shape index (κ3) is 2.48. The summed E-state index contributed by atoms with van der Waals surface area (Å²) in [6, 6.07) is 7.51. The lowest BCUT2D eigenvalue weighted by atomic mass is 10.1. The van der Waals surface area contributed by atoms with Gasteiger partial charge in [0, 0.05) is 17.5 Å². The third-order valence-corrected chi connectivity index (χ3v) is 2.64. The first kappa shape index (κ1) is 12.1. The standard InChI is InChI=1S/C14H13NO3/c1-9-7-10(3-6-14(16)17)15-13-8-11(18-2)4-5-12(9)13/h3-8H,1-2H3,(H,16,17)/b6-3+. The minimum absolute atomic E-state index is 0.621. The zero-order valence-electron chi connectivity index (χ0n) is 10.2. The van der Waals surface area contributed by atoms with Crippen molar-refractivity contribution in [2.45, 2.75) is 6.92 Å². The molecule has 0 aliphatic carbocycles. The molecule has 1 heterocycles. The molecule has 0 saturated carbocycles. The first-order chi connectivity index (χ1) is 8.60. The average Bonchev–Trinajstić information content (AvgIpc) is 2.35. The van der Waals surface area contributed by atoms with Crippen molar-refractivity contribution in [3.63, 3.8) is 0 Å². The fraction of sp³-hybridized carbons (Fsp3) is 0.143. The number of aliphatic carboxylic acids is 1. The summed E-state index contributed by atoms with van der Waals surface area (Å²) < 4.78 is 5.15. The summed E-state index contributed by atoms with van der Waals surface area (Å²) in [5.41, 5.74) is 2.46. The molecule has 2 aromatic rings. The number of rotatable bonds is 3. The van der Waals surface area contributed by atoms with Crippen LogP contribution in [0.5, 0.6) is 5.75 Å². The lowest BCUT2D eigenvalue weighted by Crippen LogP contribution is -1.91. The van der Waals surface area contributed by atoms with Gasteiger partial charge in [-0.3, -0.25) is 0 Å². The fourth-order valence-electron chi connectivity index (χ4n) is 1.78. The zero-order chi connectivity index (χ0) is 13.1. The van der Waals surface area contributed by atoms with E-state index in [1.165, 1.54) is 6.08 Å². The third-order valence-electron chi connectivity index (χ3n) is 2.64. The summed E-state index contributed by atoms with van der Waals surface area (Å²) in [7, 11) is 1.60. The van der Waals surface area contributed by atoms with Crippen molar-refractivity contribution in [1.82, 2.24) is 4.98 Å². The first-order valence-corrected chi connectivity index (χ1v) is 5.46. The summed E-state index contributed by atoms with van der Waals surface area (Å²) in [5.74, 6) is -0.256. The maximum Gasteiger partial charge on any atom is 0.328 e. The Balaban J connectivity index is 2.55. The van der Waals surface area contributed by atoms with Gasteiger partial charge in [0.1, 0.15) is 5.75 Å². The molecular weight excluding hydrogens is 230 g/mol. The number of carboxylic acids is 1. The van der Waals surface area contributed by atoms with E-state index in [1.807, 2.05) is 31.2 Å². The minimum Gasteiger partial charge on any atom is -0.497 e. The summed E-state index contributed by atoms with van der Waals surface area (Å²) in [5, 5.41) is 9.64. The summed E-state index contributed by atoms with van der Waals surface area (Å²) >= 11 is 0. The second kappa shape index (κ2) is 4.87. The van der Waals surface area contributed by atoms with Gasteiger partial charge in [-0.2, -0.15) is 0 Å². The Kier molecular flexibility index (Phi) is 3.28. The molecule has 0 amide bonds. The Labute approximate surface area is 105 Å². The van der Waals surface area contributed by atoms with Gasteiger partial charge in [0.2, 0.25) is 0 Å².